The lowest BCUT2D eigenvalue weighted by Crippen LogP contribution is -2.43. The summed E-state index contributed by atoms with van der Waals surface area (Å²) in [4.78, 5) is 0. The van der Waals surface area contributed by atoms with Crippen molar-refractivity contribution in [3.63, 3.8) is 0 Å². The molecule has 1 aliphatic carbocycles. The van der Waals surface area contributed by atoms with Gasteiger partial charge in [-0.2, -0.15) is 11.8 Å². The fourth-order valence-corrected chi connectivity index (χ4v) is 5.05. The van der Waals surface area contributed by atoms with Gasteiger partial charge in [-0.15, -0.1) is 0 Å². The fourth-order valence-electron chi connectivity index (χ4n) is 3.80. The van der Waals surface area contributed by atoms with E-state index in [9.17, 15) is 0 Å². The summed E-state index contributed by atoms with van der Waals surface area (Å²) >= 11 is 2.17. The van der Waals surface area contributed by atoms with E-state index >= 15 is 0 Å². The second-order valence-corrected chi connectivity index (χ2v) is 8.37. The maximum Gasteiger partial charge on any atom is 0.0256 e. The lowest BCUT2D eigenvalue weighted by molar-refractivity contribution is 0.317. The maximum absolute atomic E-state index is 3.93. The Balaban J connectivity index is 1.63. The summed E-state index contributed by atoms with van der Waals surface area (Å²) in [5, 5.41) is 3.93. The molecule has 1 aromatic rings. The van der Waals surface area contributed by atoms with Gasteiger partial charge in [-0.3, -0.25) is 0 Å². The van der Waals surface area contributed by atoms with Crippen LogP contribution in [0.4, 0.5) is 0 Å². The number of benzene rings is 1. The normalized spacial score (nSPS) is 34.2. The van der Waals surface area contributed by atoms with E-state index < -0.39 is 0 Å². The van der Waals surface area contributed by atoms with E-state index in [1.54, 1.807) is 0 Å². The zero-order chi connectivity index (χ0) is 13.8. The molecule has 110 valence electrons. The molecule has 0 radical (unpaired) electrons. The third-order valence-electron chi connectivity index (χ3n) is 5.03. The lowest BCUT2D eigenvalue weighted by atomic mass is 9.80. The molecule has 2 fully saturated rings. The molecule has 1 saturated heterocycles. The highest BCUT2D eigenvalue weighted by Gasteiger charge is 2.32. The van der Waals surface area contributed by atoms with Crippen LogP contribution in [-0.4, -0.2) is 23.1 Å². The van der Waals surface area contributed by atoms with Crippen LogP contribution in [0.3, 0.4) is 0 Å². The van der Waals surface area contributed by atoms with Crippen LogP contribution in [0.5, 0.6) is 0 Å². The molecule has 1 heterocycles. The first kappa shape index (κ1) is 14.5. The van der Waals surface area contributed by atoms with Crippen molar-refractivity contribution in [2.75, 3.05) is 12.3 Å². The summed E-state index contributed by atoms with van der Waals surface area (Å²) in [6, 6.07) is 11.8. The van der Waals surface area contributed by atoms with Crippen molar-refractivity contribution >= 4 is 11.8 Å². The lowest BCUT2D eigenvalue weighted by Gasteiger charge is -2.35. The predicted molar refractivity (Wildman–Crippen MR) is 89.5 cm³/mol. The maximum atomic E-state index is 3.93. The molecular weight excluding hydrogens is 262 g/mol. The number of rotatable bonds is 4. The van der Waals surface area contributed by atoms with Gasteiger partial charge in [0.1, 0.15) is 0 Å². The largest absolute Gasteiger partial charge is 0.312 e. The van der Waals surface area contributed by atoms with Crippen LogP contribution in [0.25, 0.3) is 0 Å². The van der Waals surface area contributed by atoms with Crippen LogP contribution >= 0.6 is 11.8 Å². The Labute approximate surface area is 127 Å². The average molecular weight is 289 g/mol. The van der Waals surface area contributed by atoms with E-state index in [2.05, 4.69) is 54.3 Å². The Morgan fingerprint density at radius 2 is 1.95 bits per heavy atom. The summed E-state index contributed by atoms with van der Waals surface area (Å²) in [6.45, 7) is 3.63. The summed E-state index contributed by atoms with van der Waals surface area (Å²) < 4.78 is 0.485. The van der Waals surface area contributed by atoms with Crippen LogP contribution in [0, 0.1) is 0 Å². The Morgan fingerprint density at radius 3 is 2.70 bits per heavy atom. The van der Waals surface area contributed by atoms with Crippen LogP contribution in [0.15, 0.2) is 30.3 Å². The van der Waals surface area contributed by atoms with Crippen LogP contribution in [-0.2, 0) is 0 Å². The molecule has 2 heteroatoms. The SMILES string of the molecule is CC1(CNC2CCCCC2c2ccccc2)CCCS1. The quantitative estimate of drug-likeness (QED) is 0.870. The van der Waals surface area contributed by atoms with Gasteiger partial charge in [0.25, 0.3) is 0 Å². The first-order valence-electron chi connectivity index (χ1n) is 8.19. The van der Waals surface area contributed by atoms with Crippen molar-refractivity contribution < 1.29 is 0 Å². The minimum atomic E-state index is 0.485. The molecule has 3 rings (SSSR count). The Bertz CT molecular complexity index is 411. The third-order valence-corrected chi connectivity index (χ3v) is 6.57. The zero-order valence-electron chi connectivity index (χ0n) is 12.6. The monoisotopic (exact) mass is 289 g/mol. The van der Waals surface area contributed by atoms with Crippen molar-refractivity contribution in [2.24, 2.45) is 0 Å². The summed E-state index contributed by atoms with van der Waals surface area (Å²) in [7, 11) is 0. The van der Waals surface area contributed by atoms with E-state index in [4.69, 9.17) is 0 Å². The van der Waals surface area contributed by atoms with Gasteiger partial charge < -0.3 is 5.32 Å². The second-order valence-electron chi connectivity index (χ2n) is 6.69. The first-order chi connectivity index (χ1) is 9.77. The molecule has 20 heavy (non-hydrogen) atoms. The topological polar surface area (TPSA) is 12.0 Å². The molecular formula is C18H27NS. The summed E-state index contributed by atoms with van der Waals surface area (Å²) in [5.74, 6) is 2.07. The second kappa shape index (κ2) is 6.53. The molecule has 3 atom stereocenters. The molecule has 0 spiro atoms. The predicted octanol–water partition coefficient (Wildman–Crippen LogP) is 4.59. The molecule has 1 N–H and O–H groups in total. The van der Waals surface area contributed by atoms with Crippen molar-refractivity contribution in [3.8, 4) is 0 Å². The van der Waals surface area contributed by atoms with E-state index in [1.807, 2.05) is 0 Å². The van der Waals surface area contributed by atoms with E-state index in [1.165, 1.54) is 56.4 Å². The van der Waals surface area contributed by atoms with Crippen LogP contribution < -0.4 is 5.32 Å². The minimum absolute atomic E-state index is 0.485. The van der Waals surface area contributed by atoms with Crippen LogP contribution in [0.1, 0.15) is 56.9 Å². The Hall–Kier alpha value is -0.470. The van der Waals surface area contributed by atoms with Crippen molar-refractivity contribution in [1.29, 1.82) is 0 Å². The van der Waals surface area contributed by atoms with Gasteiger partial charge in [-0.05, 0) is 49.8 Å². The van der Waals surface area contributed by atoms with E-state index in [0.717, 1.165) is 5.92 Å². The molecule has 1 aromatic carbocycles. The van der Waals surface area contributed by atoms with Gasteiger partial charge in [0.2, 0.25) is 0 Å². The van der Waals surface area contributed by atoms with Gasteiger partial charge >= 0.3 is 0 Å². The standard InChI is InChI=1S/C18H27NS/c1-18(12-7-13-20-18)14-19-17-11-6-5-10-16(17)15-8-3-2-4-9-15/h2-4,8-9,16-17,19H,5-7,10-14H2,1H3. The van der Waals surface area contributed by atoms with Crippen LogP contribution in [0.2, 0.25) is 0 Å². The Morgan fingerprint density at radius 1 is 1.15 bits per heavy atom. The fraction of sp³-hybridized carbons (Fsp3) is 0.667. The van der Waals surface area contributed by atoms with Crippen molar-refractivity contribution in [1.82, 2.24) is 5.32 Å². The highest BCUT2D eigenvalue weighted by Crippen LogP contribution is 2.38. The Kier molecular flexibility index (Phi) is 4.72. The molecule has 1 nitrogen and oxygen atoms in total. The highest BCUT2D eigenvalue weighted by molar-refractivity contribution is 8.00. The number of nitrogens with one attached hydrogen (secondary N) is 1. The molecule has 3 unspecified atom stereocenters. The number of hydrogen-bond donors (Lipinski definition) is 1. The smallest absolute Gasteiger partial charge is 0.0256 e. The van der Waals surface area contributed by atoms with Gasteiger partial charge in [-0.1, -0.05) is 43.2 Å². The molecule has 1 aliphatic heterocycles. The van der Waals surface area contributed by atoms with Gasteiger partial charge in [0, 0.05) is 17.3 Å². The van der Waals surface area contributed by atoms with Gasteiger partial charge in [0.05, 0.1) is 0 Å². The number of hydrogen-bond acceptors (Lipinski definition) is 2. The molecule has 0 aromatic heterocycles. The summed E-state index contributed by atoms with van der Waals surface area (Å²) in [5.41, 5.74) is 1.54. The highest BCUT2D eigenvalue weighted by atomic mass is 32.2. The molecule has 2 aliphatic rings. The van der Waals surface area contributed by atoms with E-state index in [0.29, 0.717) is 10.8 Å². The third kappa shape index (κ3) is 3.40. The van der Waals surface area contributed by atoms with Crippen molar-refractivity contribution in [3.05, 3.63) is 35.9 Å². The molecule has 0 bridgehead atoms. The number of thioether (sulfide) groups is 1. The molecule has 1 saturated carbocycles. The van der Waals surface area contributed by atoms with Crippen molar-refractivity contribution in [2.45, 2.75) is 62.2 Å². The zero-order valence-corrected chi connectivity index (χ0v) is 13.4. The first-order valence-corrected chi connectivity index (χ1v) is 9.18. The van der Waals surface area contributed by atoms with Gasteiger partial charge in [-0.25, -0.2) is 0 Å². The molecule has 0 amide bonds. The summed E-state index contributed by atoms with van der Waals surface area (Å²) in [6.07, 6.45) is 8.27. The van der Waals surface area contributed by atoms with E-state index in [-0.39, 0.29) is 0 Å². The minimum Gasteiger partial charge on any atom is -0.312 e. The average Bonchev–Trinajstić information content (AvgIpc) is 2.94. The van der Waals surface area contributed by atoms with Gasteiger partial charge in [0.15, 0.2) is 0 Å².